The van der Waals surface area contributed by atoms with E-state index in [1.54, 1.807) is 12.1 Å². The smallest absolute Gasteiger partial charge is 0.240 e. The fourth-order valence-corrected chi connectivity index (χ4v) is 4.15. The summed E-state index contributed by atoms with van der Waals surface area (Å²) in [6.07, 6.45) is 0. The summed E-state index contributed by atoms with van der Waals surface area (Å²) in [6, 6.07) is 11.6. The number of imidazole rings is 1. The number of benzene rings is 2. The molecule has 0 fully saturated rings. The van der Waals surface area contributed by atoms with Gasteiger partial charge in [0.05, 0.1) is 22.1 Å². The van der Waals surface area contributed by atoms with E-state index < -0.39 is 5.41 Å². The molecule has 0 spiro atoms. The van der Waals surface area contributed by atoms with E-state index in [0.29, 0.717) is 22.7 Å². The third-order valence-electron chi connectivity index (χ3n) is 6.00. The van der Waals surface area contributed by atoms with Gasteiger partial charge < -0.3 is 15.2 Å². The topological polar surface area (TPSA) is 107 Å². The second kappa shape index (κ2) is 7.54. The van der Waals surface area contributed by atoms with Gasteiger partial charge in [0, 0.05) is 12.2 Å². The molecule has 33 heavy (non-hydrogen) atoms. The minimum Gasteiger partial charge on any atom is -0.350 e. The molecule has 0 saturated heterocycles. The van der Waals surface area contributed by atoms with Crippen LogP contribution in [-0.4, -0.2) is 38.5 Å². The van der Waals surface area contributed by atoms with E-state index in [0.717, 1.165) is 22.3 Å². The van der Waals surface area contributed by atoms with Crippen LogP contribution in [0.5, 0.6) is 0 Å². The Morgan fingerprint density at radius 1 is 1.18 bits per heavy atom. The quantitative estimate of drug-likeness (QED) is 0.437. The molecular formula is C24H23FN6O2. The van der Waals surface area contributed by atoms with Crippen LogP contribution in [0.2, 0.25) is 0 Å². The number of aromatic nitrogens is 4. The Hall–Kier alpha value is -4.01. The lowest BCUT2D eigenvalue weighted by atomic mass is 9.86. The average molecular weight is 446 g/mol. The van der Waals surface area contributed by atoms with Crippen LogP contribution in [0.15, 0.2) is 42.5 Å². The van der Waals surface area contributed by atoms with Crippen molar-refractivity contribution in [2.45, 2.75) is 32.7 Å². The number of aryl methyl sites for hydroxylation is 1. The number of hydrogen-bond donors (Lipinski definition) is 3. The van der Waals surface area contributed by atoms with Gasteiger partial charge in [0.2, 0.25) is 11.8 Å². The van der Waals surface area contributed by atoms with Gasteiger partial charge >= 0.3 is 0 Å². The Morgan fingerprint density at radius 2 is 1.94 bits per heavy atom. The van der Waals surface area contributed by atoms with E-state index in [4.69, 9.17) is 0 Å². The Labute approximate surface area is 189 Å². The number of carbonyl (C=O) groups excluding carboxylic acids is 2. The third-order valence-corrected chi connectivity index (χ3v) is 6.00. The number of amides is 2. The monoisotopic (exact) mass is 446 g/mol. The molecule has 1 aliphatic rings. The number of aromatic amines is 2. The van der Waals surface area contributed by atoms with Gasteiger partial charge in [0.1, 0.15) is 18.1 Å². The molecule has 0 saturated carbocycles. The zero-order chi connectivity index (χ0) is 23.3. The minimum absolute atomic E-state index is 0.113. The van der Waals surface area contributed by atoms with Gasteiger partial charge in [0.15, 0.2) is 5.82 Å². The van der Waals surface area contributed by atoms with E-state index in [-0.39, 0.29) is 30.7 Å². The number of nitrogens with one attached hydrogen (secondary N) is 3. The van der Waals surface area contributed by atoms with Crippen LogP contribution in [0.25, 0.3) is 22.6 Å². The highest BCUT2D eigenvalue weighted by Gasteiger charge is 2.44. The minimum atomic E-state index is -0.783. The number of carbonyl (C=O) groups is 2. The van der Waals surface area contributed by atoms with Crippen molar-refractivity contribution in [3.8, 4) is 11.5 Å². The fourth-order valence-electron chi connectivity index (χ4n) is 4.15. The predicted molar refractivity (Wildman–Crippen MR) is 122 cm³/mol. The van der Waals surface area contributed by atoms with Gasteiger partial charge in [-0.2, -0.15) is 5.10 Å². The van der Waals surface area contributed by atoms with Crippen molar-refractivity contribution < 1.29 is 14.0 Å². The van der Waals surface area contributed by atoms with Gasteiger partial charge in [-0.1, -0.05) is 12.1 Å². The third kappa shape index (κ3) is 3.65. The highest BCUT2D eigenvalue weighted by molar-refractivity contribution is 6.11. The molecule has 0 unspecified atom stereocenters. The summed E-state index contributed by atoms with van der Waals surface area (Å²) in [5.41, 5.74) is 4.62. The first-order chi connectivity index (χ1) is 15.7. The number of halogens is 1. The molecule has 9 heteroatoms. The molecule has 1 aliphatic heterocycles. The van der Waals surface area contributed by atoms with E-state index in [1.165, 1.54) is 17.0 Å². The highest BCUT2D eigenvalue weighted by atomic mass is 19.1. The summed E-state index contributed by atoms with van der Waals surface area (Å²) < 4.78 is 13.1. The van der Waals surface area contributed by atoms with Gasteiger partial charge in [-0.15, -0.1) is 0 Å². The lowest BCUT2D eigenvalue weighted by molar-refractivity contribution is -0.125. The molecule has 2 aromatic heterocycles. The van der Waals surface area contributed by atoms with Gasteiger partial charge in [-0.3, -0.25) is 14.7 Å². The average Bonchev–Trinajstić information content (AvgIpc) is 3.44. The summed E-state index contributed by atoms with van der Waals surface area (Å²) in [7, 11) is 0. The van der Waals surface area contributed by atoms with Crippen LogP contribution < -0.4 is 10.2 Å². The first-order valence-corrected chi connectivity index (χ1v) is 10.6. The molecular weight excluding hydrogens is 423 g/mol. The lowest BCUT2D eigenvalue weighted by Crippen LogP contribution is -2.42. The molecule has 168 valence electrons. The Kier molecular flexibility index (Phi) is 4.77. The zero-order valence-corrected chi connectivity index (χ0v) is 18.5. The number of rotatable bonds is 5. The molecule has 2 amide bonds. The number of H-pyrrole nitrogens is 2. The van der Waals surface area contributed by atoms with E-state index in [1.807, 2.05) is 39.0 Å². The molecule has 0 aliphatic carbocycles. The lowest BCUT2D eigenvalue weighted by Gasteiger charge is -2.20. The van der Waals surface area contributed by atoms with Gasteiger partial charge in [-0.25, -0.2) is 9.37 Å². The molecule has 4 aromatic rings. The molecule has 0 radical (unpaired) electrons. The molecule has 5 rings (SSSR count). The van der Waals surface area contributed by atoms with Crippen molar-refractivity contribution in [3.63, 3.8) is 0 Å². The molecule has 3 N–H and O–H groups in total. The summed E-state index contributed by atoms with van der Waals surface area (Å²) in [6.45, 7) is 5.76. The first kappa shape index (κ1) is 20.9. The van der Waals surface area contributed by atoms with Crippen molar-refractivity contribution in [2.75, 3.05) is 11.4 Å². The van der Waals surface area contributed by atoms with Crippen molar-refractivity contribution >= 4 is 28.5 Å². The summed E-state index contributed by atoms with van der Waals surface area (Å²) in [5.74, 6) is -0.149. The largest absolute Gasteiger partial charge is 0.350 e. The standard InChI is InChI=1S/C24H23FN6O2/c1-13-8-19(30-29-13)22-27-17-9-16-20(10-18(17)28-22)31(23(33)24(16,2)3)12-21(32)26-11-14-4-6-15(25)7-5-14/h4-10H,11-12H2,1-3H3,(H,26,32)(H,27,28)(H,29,30). The second-order valence-corrected chi connectivity index (χ2v) is 8.83. The van der Waals surface area contributed by atoms with Gasteiger partial charge in [0.25, 0.3) is 0 Å². The Bertz CT molecular complexity index is 1390. The van der Waals surface area contributed by atoms with Crippen LogP contribution in [0, 0.1) is 12.7 Å². The number of anilines is 1. The maximum absolute atomic E-state index is 13.2. The van der Waals surface area contributed by atoms with Crippen LogP contribution >= 0.6 is 0 Å². The van der Waals surface area contributed by atoms with E-state index in [2.05, 4.69) is 25.5 Å². The van der Waals surface area contributed by atoms with Crippen molar-refractivity contribution in [2.24, 2.45) is 0 Å². The maximum Gasteiger partial charge on any atom is 0.240 e. The normalized spacial score (nSPS) is 14.7. The molecule has 0 bridgehead atoms. The SMILES string of the molecule is Cc1cc(-c2nc3cc4c(cc3[nH]2)C(C)(C)C(=O)N4CC(=O)NCc2ccc(F)cc2)n[nH]1. The van der Waals surface area contributed by atoms with Crippen LogP contribution in [-0.2, 0) is 21.5 Å². The van der Waals surface area contributed by atoms with Crippen LogP contribution in [0.4, 0.5) is 10.1 Å². The first-order valence-electron chi connectivity index (χ1n) is 10.6. The summed E-state index contributed by atoms with van der Waals surface area (Å²) in [4.78, 5) is 35.2. The predicted octanol–water partition coefficient (Wildman–Crippen LogP) is 3.34. The second-order valence-electron chi connectivity index (χ2n) is 8.83. The molecule has 8 nitrogen and oxygen atoms in total. The Morgan fingerprint density at radius 3 is 2.64 bits per heavy atom. The van der Waals surface area contributed by atoms with E-state index >= 15 is 0 Å². The Balaban J connectivity index is 1.41. The fraction of sp³-hybridized carbons (Fsp3) is 0.250. The van der Waals surface area contributed by atoms with Crippen molar-refractivity contribution in [1.82, 2.24) is 25.5 Å². The zero-order valence-electron chi connectivity index (χ0n) is 18.5. The van der Waals surface area contributed by atoms with Crippen LogP contribution in [0.3, 0.4) is 0 Å². The molecule has 0 atom stereocenters. The van der Waals surface area contributed by atoms with Crippen LogP contribution in [0.1, 0.15) is 30.7 Å². The molecule has 3 heterocycles. The van der Waals surface area contributed by atoms with Crippen molar-refractivity contribution in [1.29, 1.82) is 0 Å². The summed E-state index contributed by atoms with van der Waals surface area (Å²) in [5, 5.41) is 9.95. The number of nitrogens with zero attached hydrogens (tertiary/aromatic N) is 3. The van der Waals surface area contributed by atoms with E-state index in [9.17, 15) is 14.0 Å². The number of fused-ring (bicyclic) bond motifs is 2. The molecule has 2 aromatic carbocycles. The maximum atomic E-state index is 13.2. The number of hydrogen-bond acceptors (Lipinski definition) is 4. The summed E-state index contributed by atoms with van der Waals surface area (Å²) >= 11 is 0. The van der Waals surface area contributed by atoms with Crippen molar-refractivity contribution in [3.05, 3.63) is 65.1 Å². The van der Waals surface area contributed by atoms with Gasteiger partial charge in [-0.05, 0) is 62.2 Å². The highest BCUT2D eigenvalue weighted by Crippen LogP contribution is 2.43.